The number of ether oxygens (including phenoxy) is 2. The number of hydroxylamine groups is 1. The van der Waals surface area contributed by atoms with Crippen LogP contribution >= 0.6 is 0 Å². The van der Waals surface area contributed by atoms with Gasteiger partial charge < -0.3 is 9.47 Å². The maximum absolute atomic E-state index is 12.6. The van der Waals surface area contributed by atoms with Crippen molar-refractivity contribution in [3.63, 3.8) is 0 Å². The summed E-state index contributed by atoms with van der Waals surface area (Å²) in [7, 11) is -2.28. The molecule has 2 atom stereocenters. The molecule has 0 aliphatic heterocycles. The van der Waals surface area contributed by atoms with E-state index < -0.39 is 33.2 Å². The fourth-order valence-electron chi connectivity index (χ4n) is 3.52. The molecule has 0 spiro atoms. The van der Waals surface area contributed by atoms with E-state index in [1.807, 2.05) is 0 Å². The van der Waals surface area contributed by atoms with Crippen LogP contribution in [0, 0.1) is 11.3 Å². The molecule has 0 bridgehead atoms. The molecular formula is C21H24N2O7S. The summed E-state index contributed by atoms with van der Waals surface area (Å²) < 4.78 is 37.8. The Morgan fingerprint density at radius 2 is 1.77 bits per heavy atom. The first-order chi connectivity index (χ1) is 14.8. The fraction of sp³-hybridized carbons (Fsp3) is 0.333. The van der Waals surface area contributed by atoms with Crippen molar-refractivity contribution in [2.45, 2.75) is 24.7 Å². The van der Waals surface area contributed by atoms with Crippen LogP contribution in [0.4, 0.5) is 5.69 Å². The third kappa shape index (κ3) is 4.80. The largest absolute Gasteiger partial charge is 0.497 e. The zero-order valence-corrected chi connectivity index (χ0v) is 17.9. The van der Waals surface area contributed by atoms with Crippen molar-refractivity contribution in [2.75, 3.05) is 18.4 Å². The Balaban J connectivity index is 1.73. The van der Waals surface area contributed by atoms with E-state index in [1.54, 1.807) is 48.8 Å². The van der Waals surface area contributed by atoms with E-state index in [0.29, 0.717) is 11.4 Å². The maximum atomic E-state index is 12.6. The number of sulfonamides is 1. The minimum atomic E-state index is -3.78. The van der Waals surface area contributed by atoms with Gasteiger partial charge in [0.05, 0.1) is 29.9 Å². The highest BCUT2D eigenvalue weighted by Gasteiger charge is 2.64. The highest BCUT2D eigenvalue weighted by Crippen LogP contribution is 2.55. The number of hydrogen-bond acceptors (Lipinski definition) is 7. The Morgan fingerprint density at radius 3 is 2.32 bits per heavy atom. The third-order valence-corrected chi connectivity index (χ3v) is 6.68. The van der Waals surface area contributed by atoms with Crippen molar-refractivity contribution in [3.8, 4) is 5.75 Å². The molecule has 1 aliphatic carbocycles. The van der Waals surface area contributed by atoms with Gasteiger partial charge in [0.25, 0.3) is 10.0 Å². The molecule has 31 heavy (non-hydrogen) atoms. The van der Waals surface area contributed by atoms with Crippen LogP contribution in [0.2, 0.25) is 0 Å². The molecule has 1 aliphatic rings. The molecule has 1 amide bonds. The monoisotopic (exact) mass is 448 g/mol. The van der Waals surface area contributed by atoms with Gasteiger partial charge in [-0.05, 0) is 61.7 Å². The molecule has 1 fully saturated rings. The topological polar surface area (TPSA) is 131 Å². The molecule has 10 heteroatoms. The summed E-state index contributed by atoms with van der Waals surface area (Å²) in [6, 6.07) is 12.5. The summed E-state index contributed by atoms with van der Waals surface area (Å²) in [5, 5.41) is 8.90. The highest BCUT2D eigenvalue weighted by molar-refractivity contribution is 7.92. The van der Waals surface area contributed by atoms with Crippen molar-refractivity contribution in [2.24, 2.45) is 11.3 Å². The molecule has 3 rings (SSSR count). The van der Waals surface area contributed by atoms with Gasteiger partial charge in [0, 0.05) is 5.69 Å². The highest BCUT2D eigenvalue weighted by atomic mass is 32.2. The lowest BCUT2D eigenvalue weighted by atomic mass is 9.93. The fourth-order valence-corrected chi connectivity index (χ4v) is 4.58. The predicted molar refractivity (Wildman–Crippen MR) is 111 cm³/mol. The van der Waals surface area contributed by atoms with Crippen molar-refractivity contribution in [1.29, 1.82) is 0 Å². The van der Waals surface area contributed by atoms with Crippen LogP contribution in [0.3, 0.4) is 0 Å². The molecule has 2 aromatic carbocycles. The number of esters is 1. The molecule has 9 nitrogen and oxygen atoms in total. The lowest BCUT2D eigenvalue weighted by Crippen LogP contribution is -2.30. The number of carbonyl (C=O) groups is 2. The van der Waals surface area contributed by atoms with Crippen LogP contribution in [-0.2, 0) is 30.8 Å². The molecule has 3 N–H and O–H groups in total. The van der Waals surface area contributed by atoms with E-state index in [9.17, 15) is 18.0 Å². The number of nitrogens with one attached hydrogen (secondary N) is 2. The molecule has 2 aromatic rings. The first-order valence-corrected chi connectivity index (χ1v) is 11.1. The summed E-state index contributed by atoms with van der Waals surface area (Å²) in [6.07, 6.45) is 0.500. The normalized spacial score (nSPS) is 19.9. The second kappa shape index (κ2) is 8.94. The molecule has 0 radical (unpaired) electrons. The lowest BCUT2D eigenvalue weighted by Gasteiger charge is -2.16. The molecule has 0 heterocycles. The Kier molecular flexibility index (Phi) is 6.51. The molecule has 1 saturated carbocycles. The van der Waals surface area contributed by atoms with Gasteiger partial charge in [0.2, 0.25) is 5.91 Å². The van der Waals surface area contributed by atoms with Gasteiger partial charge in [-0.2, -0.15) is 0 Å². The van der Waals surface area contributed by atoms with Gasteiger partial charge >= 0.3 is 5.97 Å². The van der Waals surface area contributed by atoms with Gasteiger partial charge in [-0.3, -0.25) is 19.5 Å². The zero-order chi connectivity index (χ0) is 22.6. The Bertz CT molecular complexity index is 1050. The van der Waals surface area contributed by atoms with E-state index >= 15 is 0 Å². The van der Waals surface area contributed by atoms with Crippen molar-refractivity contribution >= 4 is 27.6 Å². The first-order valence-electron chi connectivity index (χ1n) is 9.62. The second-order valence-electron chi connectivity index (χ2n) is 7.26. The first kappa shape index (κ1) is 22.6. The SMILES string of the molecule is CCOC(=O)[C@]1(Cc2ccc(NS(=O)(=O)c3ccc(OC)cc3)cc2)CC1C(=O)NO. The molecule has 1 unspecified atom stereocenters. The quantitative estimate of drug-likeness (QED) is 0.304. The Morgan fingerprint density at radius 1 is 1.13 bits per heavy atom. The van der Waals surface area contributed by atoms with Crippen molar-refractivity contribution in [1.82, 2.24) is 5.48 Å². The maximum Gasteiger partial charge on any atom is 0.313 e. The summed E-state index contributed by atoms with van der Waals surface area (Å²) in [5.74, 6) is -1.25. The van der Waals surface area contributed by atoms with Gasteiger partial charge in [0.1, 0.15) is 5.75 Å². The van der Waals surface area contributed by atoms with Crippen LogP contribution in [0.15, 0.2) is 53.4 Å². The summed E-state index contributed by atoms with van der Waals surface area (Å²) >= 11 is 0. The van der Waals surface area contributed by atoms with Crippen LogP contribution in [0.5, 0.6) is 5.75 Å². The predicted octanol–water partition coefficient (Wildman–Crippen LogP) is 2.11. The van der Waals surface area contributed by atoms with Gasteiger partial charge in [-0.1, -0.05) is 12.1 Å². The number of amides is 1. The zero-order valence-electron chi connectivity index (χ0n) is 17.1. The molecule has 0 aromatic heterocycles. The molecule has 166 valence electrons. The summed E-state index contributed by atoms with van der Waals surface area (Å²) in [6.45, 7) is 1.86. The van der Waals surface area contributed by atoms with Gasteiger partial charge in [0.15, 0.2) is 0 Å². The van der Waals surface area contributed by atoms with E-state index in [1.165, 1.54) is 19.2 Å². The minimum absolute atomic E-state index is 0.0921. The van der Waals surface area contributed by atoms with E-state index in [2.05, 4.69) is 4.72 Å². The van der Waals surface area contributed by atoms with E-state index in [0.717, 1.165) is 5.56 Å². The molecule has 0 saturated heterocycles. The standard InChI is InChI=1S/C21H24N2O7S/c1-3-30-20(25)21(13-18(21)19(24)22-26)12-14-4-6-15(7-5-14)23-31(27,28)17-10-8-16(29-2)9-11-17/h4-11,18,23,26H,3,12-13H2,1-2H3,(H,22,24)/t18?,21-/m1/s1. The Hall–Kier alpha value is -3.11. The number of hydrogen-bond donors (Lipinski definition) is 3. The van der Waals surface area contributed by atoms with E-state index in [-0.39, 0.29) is 24.3 Å². The number of rotatable bonds is 9. The molecular weight excluding hydrogens is 424 g/mol. The Labute approximate surface area is 180 Å². The van der Waals surface area contributed by atoms with E-state index in [4.69, 9.17) is 14.7 Å². The number of anilines is 1. The van der Waals surface area contributed by atoms with Crippen LogP contribution in [0.1, 0.15) is 18.9 Å². The minimum Gasteiger partial charge on any atom is -0.497 e. The smallest absolute Gasteiger partial charge is 0.313 e. The van der Waals surface area contributed by atoms with Crippen LogP contribution in [-0.4, -0.2) is 39.2 Å². The number of benzene rings is 2. The summed E-state index contributed by atoms with van der Waals surface area (Å²) in [5.41, 5.74) is 1.64. The van der Waals surface area contributed by atoms with Crippen LogP contribution in [0.25, 0.3) is 0 Å². The van der Waals surface area contributed by atoms with Crippen LogP contribution < -0.4 is 14.9 Å². The van der Waals surface area contributed by atoms with Crippen molar-refractivity contribution < 1.29 is 32.7 Å². The van der Waals surface area contributed by atoms with Gasteiger partial charge in [-0.15, -0.1) is 0 Å². The number of carbonyl (C=O) groups excluding carboxylic acids is 2. The lowest BCUT2D eigenvalue weighted by molar-refractivity contribution is -0.152. The second-order valence-corrected chi connectivity index (χ2v) is 8.95. The summed E-state index contributed by atoms with van der Waals surface area (Å²) in [4.78, 5) is 24.3. The van der Waals surface area contributed by atoms with Crippen molar-refractivity contribution in [3.05, 3.63) is 54.1 Å². The number of methoxy groups -OCH3 is 1. The average molecular weight is 448 g/mol. The average Bonchev–Trinajstić information content (AvgIpc) is 3.50. The third-order valence-electron chi connectivity index (χ3n) is 5.28. The van der Waals surface area contributed by atoms with Gasteiger partial charge in [-0.25, -0.2) is 13.9 Å².